The van der Waals surface area contributed by atoms with E-state index in [9.17, 15) is 14.4 Å². The Kier molecular flexibility index (Phi) is 3.04. The third-order valence-corrected chi connectivity index (χ3v) is 3.09. The Balaban J connectivity index is 1.85. The van der Waals surface area contributed by atoms with Crippen molar-refractivity contribution in [3.8, 4) is 0 Å². The van der Waals surface area contributed by atoms with Crippen LogP contribution in [0.1, 0.15) is 33.6 Å². The SMILES string of the molecule is CC(C)(C)NC(=O)N1CC(N2C(=O)CCC2=O)C1. The maximum absolute atomic E-state index is 11.8. The van der Waals surface area contributed by atoms with E-state index in [1.54, 1.807) is 4.90 Å². The number of rotatable bonds is 1. The molecule has 0 spiro atoms. The lowest BCUT2D eigenvalue weighted by Crippen LogP contribution is -2.65. The number of carbonyl (C=O) groups is 3. The Morgan fingerprint density at radius 2 is 1.67 bits per heavy atom. The molecular formula is C12H19N3O3. The summed E-state index contributed by atoms with van der Waals surface area (Å²) >= 11 is 0. The Labute approximate surface area is 106 Å². The lowest BCUT2D eigenvalue weighted by Gasteiger charge is -2.43. The second-order valence-corrected chi connectivity index (χ2v) is 5.90. The van der Waals surface area contributed by atoms with Crippen molar-refractivity contribution >= 4 is 17.8 Å². The van der Waals surface area contributed by atoms with Gasteiger partial charge in [-0.15, -0.1) is 0 Å². The Hall–Kier alpha value is -1.59. The van der Waals surface area contributed by atoms with Crippen molar-refractivity contribution in [3.05, 3.63) is 0 Å². The fourth-order valence-corrected chi connectivity index (χ4v) is 2.19. The normalized spacial score (nSPS) is 21.3. The van der Waals surface area contributed by atoms with Gasteiger partial charge in [-0.3, -0.25) is 14.5 Å². The van der Waals surface area contributed by atoms with E-state index in [0.717, 1.165) is 0 Å². The Morgan fingerprint density at radius 1 is 1.17 bits per heavy atom. The van der Waals surface area contributed by atoms with E-state index in [4.69, 9.17) is 0 Å². The maximum Gasteiger partial charge on any atom is 0.317 e. The summed E-state index contributed by atoms with van der Waals surface area (Å²) in [6, 6.07) is -0.268. The quantitative estimate of drug-likeness (QED) is 0.684. The minimum atomic E-state index is -0.276. The molecular weight excluding hydrogens is 234 g/mol. The number of nitrogens with zero attached hydrogens (tertiary/aromatic N) is 2. The molecule has 2 fully saturated rings. The highest BCUT2D eigenvalue weighted by Crippen LogP contribution is 2.22. The zero-order chi connectivity index (χ0) is 13.5. The Bertz CT molecular complexity index is 378. The molecule has 2 heterocycles. The van der Waals surface area contributed by atoms with Gasteiger partial charge in [-0.25, -0.2) is 4.79 Å². The smallest absolute Gasteiger partial charge is 0.317 e. The summed E-state index contributed by atoms with van der Waals surface area (Å²) in [6.45, 7) is 6.62. The fraction of sp³-hybridized carbons (Fsp3) is 0.750. The Morgan fingerprint density at radius 3 is 2.11 bits per heavy atom. The molecule has 2 aliphatic heterocycles. The van der Waals surface area contributed by atoms with Crippen molar-refractivity contribution in [2.24, 2.45) is 0 Å². The van der Waals surface area contributed by atoms with Crippen LogP contribution in [0.3, 0.4) is 0 Å². The van der Waals surface area contributed by atoms with Crippen LogP contribution in [0, 0.1) is 0 Å². The van der Waals surface area contributed by atoms with E-state index in [-0.39, 0.29) is 29.4 Å². The van der Waals surface area contributed by atoms with E-state index in [1.165, 1.54) is 4.90 Å². The molecule has 2 saturated heterocycles. The molecule has 1 N–H and O–H groups in total. The van der Waals surface area contributed by atoms with Crippen molar-refractivity contribution in [1.29, 1.82) is 0 Å². The largest absolute Gasteiger partial charge is 0.333 e. The van der Waals surface area contributed by atoms with Gasteiger partial charge in [0, 0.05) is 31.5 Å². The van der Waals surface area contributed by atoms with Crippen LogP contribution in [0.5, 0.6) is 0 Å². The van der Waals surface area contributed by atoms with Crippen molar-refractivity contribution in [2.75, 3.05) is 13.1 Å². The number of likely N-dealkylation sites (tertiary alicyclic amines) is 2. The van der Waals surface area contributed by atoms with E-state index in [1.807, 2.05) is 20.8 Å². The zero-order valence-electron chi connectivity index (χ0n) is 11.0. The van der Waals surface area contributed by atoms with Gasteiger partial charge in [0.25, 0.3) is 0 Å². The maximum atomic E-state index is 11.8. The monoisotopic (exact) mass is 253 g/mol. The molecule has 0 bridgehead atoms. The molecule has 0 aliphatic carbocycles. The molecule has 4 amide bonds. The van der Waals surface area contributed by atoms with Crippen molar-refractivity contribution in [3.63, 3.8) is 0 Å². The van der Waals surface area contributed by atoms with Gasteiger partial charge >= 0.3 is 6.03 Å². The predicted octanol–water partition coefficient (Wildman–Crippen LogP) is 0.328. The van der Waals surface area contributed by atoms with E-state index in [0.29, 0.717) is 25.9 Å². The average molecular weight is 253 g/mol. The topological polar surface area (TPSA) is 69.7 Å². The second-order valence-electron chi connectivity index (χ2n) is 5.90. The van der Waals surface area contributed by atoms with Crippen LogP contribution in [0.2, 0.25) is 0 Å². The summed E-state index contributed by atoms with van der Waals surface area (Å²) in [6.07, 6.45) is 0.618. The van der Waals surface area contributed by atoms with Crippen LogP contribution < -0.4 is 5.32 Å². The van der Waals surface area contributed by atoms with E-state index in [2.05, 4.69) is 5.32 Å². The predicted molar refractivity (Wildman–Crippen MR) is 64.7 cm³/mol. The summed E-state index contributed by atoms with van der Waals surface area (Å²) < 4.78 is 0. The van der Waals surface area contributed by atoms with Gasteiger partial charge in [0.2, 0.25) is 11.8 Å². The highest BCUT2D eigenvalue weighted by Gasteiger charge is 2.43. The fourth-order valence-electron chi connectivity index (χ4n) is 2.19. The molecule has 100 valence electrons. The molecule has 2 rings (SSSR count). The first kappa shape index (κ1) is 12.9. The van der Waals surface area contributed by atoms with E-state index < -0.39 is 0 Å². The number of carbonyl (C=O) groups excluding carboxylic acids is 3. The van der Waals surface area contributed by atoms with Gasteiger partial charge in [-0.05, 0) is 20.8 Å². The average Bonchev–Trinajstić information content (AvgIpc) is 2.43. The molecule has 0 atom stereocenters. The molecule has 0 radical (unpaired) electrons. The highest BCUT2D eigenvalue weighted by atomic mass is 16.2. The van der Waals surface area contributed by atoms with Crippen molar-refractivity contribution < 1.29 is 14.4 Å². The third-order valence-electron chi connectivity index (χ3n) is 3.09. The van der Waals surface area contributed by atoms with E-state index >= 15 is 0 Å². The number of hydrogen-bond acceptors (Lipinski definition) is 3. The van der Waals surface area contributed by atoms with Crippen molar-refractivity contribution in [1.82, 2.24) is 15.1 Å². The summed E-state index contributed by atoms with van der Waals surface area (Å²) in [5.41, 5.74) is -0.276. The molecule has 0 aromatic rings. The first-order valence-electron chi connectivity index (χ1n) is 6.20. The molecule has 6 nitrogen and oxygen atoms in total. The summed E-state index contributed by atoms with van der Waals surface area (Å²) in [4.78, 5) is 37.8. The standard InChI is InChI=1S/C12H19N3O3/c1-12(2,3)13-11(18)14-6-8(7-14)15-9(16)4-5-10(15)17/h8H,4-7H2,1-3H3,(H,13,18). The van der Waals surface area contributed by atoms with Crippen LogP contribution in [0.25, 0.3) is 0 Å². The number of urea groups is 1. The van der Waals surface area contributed by atoms with Crippen molar-refractivity contribution in [2.45, 2.75) is 45.2 Å². The van der Waals surface area contributed by atoms with Gasteiger partial charge in [0.1, 0.15) is 0 Å². The summed E-state index contributed by atoms with van der Waals surface area (Å²) in [5.74, 6) is -0.221. The molecule has 0 saturated carbocycles. The lowest BCUT2D eigenvalue weighted by molar-refractivity contribution is -0.144. The van der Waals surface area contributed by atoms with Gasteiger partial charge in [0.15, 0.2) is 0 Å². The van der Waals surface area contributed by atoms with Gasteiger partial charge < -0.3 is 10.2 Å². The molecule has 0 aromatic heterocycles. The first-order chi connectivity index (χ1) is 8.28. The van der Waals surface area contributed by atoms with Gasteiger partial charge in [0.05, 0.1) is 6.04 Å². The zero-order valence-corrected chi connectivity index (χ0v) is 11.0. The van der Waals surface area contributed by atoms with Crippen LogP contribution >= 0.6 is 0 Å². The minimum Gasteiger partial charge on any atom is -0.333 e. The van der Waals surface area contributed by atoms with Crippen LogP contribution in [0.15, 0.2) is 0 Å². The van der Waals surface area contributed by atoms with Crippen LogP contribution in [-0.2, 0) is 9.59 Å². The number of nitrogens with one attached hydrogen (secondary N) is 1. The summed E-state index contributed by atoms with van der Waals surface area (Å²) in [5, 5.41) is 2.85. The van der Waals surface area contributed by atoms with Gasteiger partial charge in [-0.1, -0.05) is 0 Å². The lowest BCUT2D eigenvalue weighted by atomic mass is 10.1. The minimum absolute atomic E-state index is 0.110. The third kappa shape index (κ3) is 2.47. The number of imide groups is 1. The van der Waals surface area contributed by atoms with Crippen LogP contribution in [-0.4, -0.2) is 52.3 Å². The summed E-state index contributed by atoms with van der Waals surface area (Å²) in [7, 11) is 0. The molecule has 0 unspecified atom stereocenters. The molecule has 18 heavy (non-hydrogen) atoms. The van der Waals surface area contributed by atoms with Crippen LogP contribution in [0.4, 0.5) is 4.79 Å². The molecule has 2 aliphatic rings. The number of amides is 4. The molecule has 6 heteroatoms. The molecule has 0 aromatic carbocycles. The number of hydrogen-bond donors (Lipinski definition) is 1. The second kappa shape index (κ2) is 4.26. The highest BCUT2D eigenvalue weighted by molar-refractivity contribution is 6.02. The first-order valence-corrected chi connectivity index (χ1v) is 6.20. The van der Waals surface area contributed by atoms with Gasteiger partial charge in [-0.2, -0.15) is 0 Å².